The standard InChI is InChI=1S/C16H16FNOS/c1-11-7-8-12(2)15(9-11)20-10-16(19)18-14-6-4-3-5-13(14)17/h3-9H,10H2,1-2H3,(H,18,19). The van der Waals surface area contributed by atoms with Crippen LogP contribution in [0.25, 0.3) is 0 Å². The highest BCUT2D eigenvalue weighted by atomic mass is 32.2. The molecule has 0 aliphatic carbocycles. The maximum atomic E-state index is 13.4. The SMILES string of the molecule is Cc1ccc(C)c(SCC(=O)Nc2ccccc2F)c1. The van der Waals surface area contributed by atoms with Crippen molar-refractivity contribution in [3.63, 3.8) is 0 Å². The molecule has 0 atom stereocenters. The van der Waals surface area contributed by atoms with Crippen LogP contribution < -0.4 is 5.32 Å². The van der Waals surface area contributed by atoms with Gasteiger partial charge in [0.2, 0.25) is 5.91 Å². The van der Waals surface area contributed by atoms with Gasteiger partial charge in [-0.3, -0.25) is 4.79 Å². The average Bonchev–Trinajstić information content (AvgIpc) is 2.42. The smallest absolute Gasteiger partial charge is 0.234 e. The number of carbonyl (C=O) groups is 1. The van der Waals surface area contributed by atoms with E-state index < -0.39 is 5.82 Å². The fourth-order valence-corrected chi connectivity index (χ4v) is 2.68. The fraction of sp³-hybridized carbons (Fsp3) is 0.188. The van der Waals surface area contributed by atoms with Gasteiger partial charge >= 0.3 is 0 Å². The minimum atomic E-state index is -0.419. The molecule has 20 heavy (non-hydrogen) atoms. The first-order chi connectivity index (χ1) is 9.56. The number of rotatable bonds is 4. The summed E-state index contributed by atoms with van der Waals surface area (Å²) in [7, 11) is 0. The molecule has 0 saturated heterocycles. The van der Waals surface area contributed by atoms with Crippen molar-refractivity contribution in [2.75, 3.05) is 11.1 Å². The third kappa shape index (κ3) is 3.84. The summed E-state index contributed by atoms with van der Waals surface area (Å²) < 4.78 is 13.4. The molecule has 2 rings (SSSR count). The number of benzene rings is 2. The van der Waals surface area contributed by atoms with Gasteiger partial charge in [0.1, 0.15) is 5.82 Å². The topological polar surface area (TPSA) is 29.1 Å². The van der Waals surface area contributed by atoms with Crippen LogP contribution in [0.1, 0.15) is 11.1 Å². The molecule has 0 spiro atoms. The van der Waals surface area contributed by atoms with Gasteiger partial charge in [0, 0.05) is 4.90 Å². The quantitative estimate of drug-likeness (QED) is 0.856. The molecule has 1 amide bonds. The largest absolute Gasteiger partial charge is 0.323 e. The van der Waals surface area contributed by atoms with Crippen LogP contribution in [0.5, 0.6) is 0 Å². The summed E-state index contributed by atoms with van der Waals surface area (Å²) >= 11 is 1.46. The molecular formula is C16H16FNOS. The Hall–Kier alpha value is -1.81. The van der Waals surface area contributed by atoms with E-state index in [0.717, 1.165) is 16.0 Å². The van der Waals surface area contributed by atoms with Gasteiger partial charge in [-0.2, -0.15) is 0 Å². The summed E-state index contributed by atoms with van der Waals surface area (Å²) in [5.74, 6) is -0.364. The van der Waals surface area contributed by atoms with Crippen molar-refractivity contribution in [2.45, 2.75) is 18.7 Å². The van der Waals surface area contributed by atoms with Crippen LogP contribution in [0.15, 0.2) is 47.4 Å². The maximum absolute atomic E-state index is 13.4. The van der Waals surface area contributed by atoms with Crippen LogP contribution in [-0.2, 0) is 4.79 Å². The minimum Gasteiger partial charge on any atom is -0.323 e. The summed E-state index contributed by atoms with van der Waals surface area (Å²) in [4.78, 5) is 12.9. The first-order valence-electron chi connectivity index (χ1n) is 6.30. The zero-order chi connectivity index (χ0) is 14.5. The van der Waals surface area contributed by atoms with Gasteiger partial charge in [0.05, 0.1) is 11.4 Å². The highest BCUT2D eigenvalue weighted by Gasteiger charge is 2.08. The number of amides is 1. The molecule has 0 unspecified atom stereocenters. The van der Waals surface area contributed by atoms with Gasteiger partial charge in [-0.15, -0.1) is 11.8 Å². The molecular weight excluding hydrogens is 273 g/mol. The third-order valence-electron chi connectivity index (χ3n) is 2.85. The number of thioether (sulfide) groups is 1. The third-order valence-corrected chi connectivity index (χ3v) is 4.01. The predicted molar refractivity (Wildman–Crippen MR) is 81.7 cm³/mol. The Morgan fingerprint density at radius 2 is 1.95 bits per heavy atom. The molecule has 0 fully saturated rings. The molecule has 0 aliphatic heterocycles. The van der Waals surface area contributed by atoms with Crippen molar-refractivity contribution in [1.29, 1.82) is 0 Å². The number of halogens is 1. The number of para-hydroxylation sites is 1. The van der Waals surface area contributed by atoms with Crippen LogP contribution in [0, 0.1) is 19.7 Å². The molecule has 0 saturated carbocycles. The Kier molecular flexibility index (Phi) is 4.79. The van der Waals surface area contributed by atoms with Crippen LogP contribution in [-0.4, -0.2) is 11.7 Å². The lowest BCUT2D eigenvalue weighted by molar-refractivity contribution is -0.113. The zero-order valence-electron chi connectivity index (χ0n) is 11.4. The monoisotopic (exact) mass is 289 g/mol. The van der Waals surface area contributed by atoms with E-state index in [9.17, 15) is 9.18 Å². The molecule has 0 bridgehead atoms. The van der Waals surface area contributed by atoms with Crippen molar-refractivity contribution in [2.24, 2.45) is 0 Å². The van der Waals surface area contributed by atoms with E-state index in [1.165, 1.54) is 17.8 Å². The summed E-state index contributed by atoms with van der Waals surface area (Å²) in [6.07, 6.45) is 0. The van der Waals surface area contributed by atoms with Crippen LogP contribution in [0.2, 0.25) is 0 Å². The Bertz CT molecular complexity index is 628. The number of hydrogen-bond donors (Lipinski definition) is 1. The van der Waals surface area contributed by atoms with Crippen molar-refractivity contribution in [3.05, 3.63) is 59.4 Å². The number of carbonyl (C=O) groups excluding carboxylic acids is 1. The minimum absolute atomic E-state index is 0.207. The average molecular weight is 289 g/mol. The van der Waals surface area contributed by atoms with Crippen LogP contribution in [0.4, 0.5) is 10.1 Å². The lowest BCUT2D eigenvalue weighted by atomic mass is 10.2. The van der Waals surface area contributed by atoms with E-state index in [0.29, 0.717) is 0 Å². The number of anilines is 1. The first kappa shape index (κ1) is 14.6. The van der Waals surface area contributed by atoms with Gasteiger partial charge in [0.15, 0.2) is 0 Å². The molecule has 0 aromatic heterocycles. The Morgan fingerprint density at radius 3 is 2.70 bits per heavy atom. The molecule has 4 heteroatoms. The summed E-state index contributed by atoms with van der Waals surface area (Å²) in [5.41, 5.74) is 2.52. The van der Waals surface area contributed by atoms with E-state index in [4.69, 9.17) is 0 Å². The number of aryl methyl sites for hydroxylation is 2. The fourth-order valence-electron chi connectivity index (χ4n) is 1.75. The summed E-state index contributed by atoms with van der Waals surface area (Å²) in [5, 5.41) is 2.58. The van der Waals surface area contributed by atoms with Crippen molar-refractivity contribution >= 4 is 23.4 Å². The second kappa shape index (κ2) is 6.57. The molecule has 104 valence electrons. The van der Waals surface area contributed by atoms with Crippen molar-refractivity contribution in [3.8, 4) is 0 Å². The molecule has 2 nitrogen and oxygen atoms in total. The highest BCUT2D eigenvalue weighted by Crippen LogP contribution is 2.23. The van der Waals surface area contributed by atoms with Crippen molar-refractivity contribution < 1.29 is 9.18 Å². The van der Waals surface area contributed by atoms with E-state index in [1.807, 2.05) is 26.0 Å². The first-order valence-corrected chi connectivity index (χ1v) is 7.29. The lowest BCUT2D eigenvalue weighted by Gasteiger charge is -2.08. The molecule has 2 aromatic carbocycles. The second-order valence-electron chi connectivity index (χ2n) is 4.59. The van der Waals surface area contributed by atoms with E-state index in [2.05, 4.69) is 11.4 Å². The summed E-state index contributed by atoms with van der Waals surface area (Å²) in [6, 6.07) is 12.3. The number of nitrogens with one attached hydrogen (secondary N) is 1. The Morgan fingerprint density at radius 1 is 1.20 bits per heavy atom. The van der Waals surface area contributed by atoms with E-state index in [-0.39, 0.29) is 17.3 Å². The summed E-state index contributed by atoms with van der Waals surface area (Å²) in [6.45, 7) is 4.03. The number of hydrogen-bond acceptors (Lipinski definition) is 2. The predicted octanol–water partition coefficient (Wildman–Crippen LogP) is 4.17. The zero-order valence-corrected chi connectivity index (χ0v) is 12.3. The van der Waals surface area contributed by atoms with E-state index >= 15 is 0 Å². The Labute approximate surface area is 122 Å². The van der Waals surface area contributed by atoms with Gasteiger partial charge < -0.3 is 5.32 Å². The molecule has 0 aliphatic rings. The van der Waals surface area contributed by atoms with Gasteiger partial charge in [-0.1, -0.05) is 29.8 Å². The van der Waals surface area contributed by atoms with Gasteiger partial charge in [-0.05, 0) is 37.6 Å². The molecule has 1 N–H and O–H groups in total. The molecule has 0 radical (unpaired) electrons. The maximum Gasteiger partial charge on any atom is 0.234 e. The van der Waals surface area contributed by atoms with Crippen molar-refractivity contribution in [1.82, 2.24) is 0 Å². The normalized spacial score (nSPS) is 10.3. The van der Waals surface area contributed by atoms with Gasteiger partial charge in [0.25, 0.3) is 0 Å². The van der Waals surface area contributed by atoms with E-state index in [1.54, 1.807) is 18.2 Å². The Balaban J connectivity index is 1.96. The highest BCUT2D eigenvalue weighted by molar-refractivity contribution is 8.00. The van der Waals surface area contributed by atoms with Crippen LogP contribution >= 0.6 is 11.8 Å². The second-order valence-corrected chi connectivity index (χ2v) is 5.60. The lowest BCUT2D eigenvalue weighted by Crippen LogP contribution is -2.15. The molecule has 2 aromatic rings. The van der Waals surface area contributed by atoms with Crippen LogP contribution in [0.3, 0.4) is 0 Å². The molecule has 0 heterocycles. The van der Waals surface area contributed by atoms with Gasteiger partial charge in [-0.25, -0.2) is 4.39 Å².